The number of amides is 2. The van der Waals surface area contributed by atoms with Crippen molar-refractivity contribution in [1.82, 2.24) is 15.1 Å². The van der Waals surface area contributed by atoms with Crippen LogP contribution in [0.2, 0.25) is 0 Å². The number of β-amino-alcohol motifs (C(OH)–C–C–N with tert-alkyl or cyclic N) is 1. The van der Waals surface area contributed by atoms with E-state index in [4.69, 9.17) is 0 Å². The van der Waals surface area contributed by atoms with E-state index in [1.54, 1.807) is 0 Å². The Bertz CT molecular complexity index is 817. The van der Waals surface area contributed by atoms with Gasteiger partial charge in [0.1, 0.15) is 0 Å². The molecule has 5 nitrogen and oxygen atoms in total. The molecule has 2 amide bonds. The Labute approximate surface area is 177 Å². The minimum atomic E-state index is -0.562. The number of thioether (sulfide) groups is 1. The van der Waals surface area contributed by atoms with Crippen LogP contribution in [0.1, 0.15) is 21.9 Å². The number of carbonyl (C=O) groups excluding carboxylic acids is 1. The second kappa shape index (κ2) is 9.65. The number of aliphatic hydroxyl groups is 1. The second-order valence-electron chi connectivity index (χ2n) is 7.81. The van der Waals surface area contributed by atoms with E-state index in [1.807, 2.05) is 34.9 Å². The number of aliphatic hydroxyl groups excluding tert-OH is 1. The minimum Gasteiger partial charge on any atom is -0.390 e. The van der Waals surface area contributed by atoms with Gasteiger partial charge >= 0.3 is 6.03 Å². The molecule has 1 saturated heterocycles. The fourth-order valence-corrected chi connectivity index (χ4v) is 5.34. The molecule has 1 fully saturated rings. The highest BCUT2D eigenvalue weighted by atomic mass is 32.2. The number of rotatable bonds is 5. The molecule has 2 aromatic rings. The summed E-state index contributed by atoms with van der Waals surface area (Å²) < 4.78 is 0. The quantitative estimate of drug-likeness (QED) is 0.794. The lowest BCUT2D eigenvalue weighted by Crippen LogP contribution is -2.48. The molecule has 154 valence electrons. The van der Waals surface area contributed by atoms with Gasteiger partial charge in [-0.2, -0.15) is 11.8 Å². The summed E-state index contributed by atoms with van der Waals surface area (Å²) in [4.78, 5) is 16.8. The highest BCUT2D eigenvalue weighted by molar-refractivity contribution is 7.99. The molecular weight excluding hydrogens is 382 g/mol. The highest BCUT2D eigenvalue weighted by Gasteiger charge is 2.26. The van der Waals surface area contributed by atoms with Crippen molar-refractivity contribution in [3.8, 4) is 0 Å². The van der Waals surface area contributed by atoms with Crippen LogP contribution in [0.5, 0.6) is 0 Å². The largest absolute Gasteiger partial charge is 0.390 e. The molecule has 2 heterocycles. The zero-order valence-electron chi connectivity index (χ0n) is 16.7. The average molecular weight is 412 g/mol. The number of benzene rings is 2. The van der Waals surface area contributed by atoms with Crippen LogP contribution in [0, 0.1) is 0 Å². The molecule has 0 aliphatic carbocycles. The predicted octanol–water partition coefficient (Wildman–Crippen LogP) is 2.91. The highest BCUT2D eigenvalue weighted by Crippen LogP contribution is 2.32. The van der Waals surface area contributed by atoms with Crippen LogP contribution >= 0.6 is 11.8 Å². The molecule has 4 rings (SSSR count). The van der Waals surface area contributed by atoms with Crippen molar-refractivity contribution in [1.29, 1.82) is 0 Å². The first-order valence-corrected chi connectivity index (χ1v) is 11.4. The fraction of sp³-hybridized carbons (Fsp3) is 0.435. The van der Waals surface area contributed by atoms with Crippen molar-refractivity contribution < 1.29 is 9.90 Å². The Morgan fingerprint density at radius 1 is 1.10 bits per heavy atom. The van der Waals surface area contributed by atoms with E-state index in [0.29, 0.717) is 18.3 Å². The number of nitrogens with one attached hydrogen (secondary N) is 1. The van der Waals surface area contributed by atoms with E-state index in [-0.39, 0.29) is 12.6 Å². The van der Waals surface area contributed by atoms with Gasteiger partial charge in [0.25, 0.3) is 0 Å². The molecule has 0 bridgehead atoms. The number of hydrogen-bond acceptors (Lipinski definition) is 4. The molecule has 1 unspecified atom stereocenters. The van der Waals surface area contributed by atoms with Gasteiger partial charge in [0.05, 0.1) is 6.10 Å². The summed E-state index contributed by atoms with van der Waals surface area (Å²) in [5.74, 6) is 0.933. The van der Waals surface area contributed by atoms with Crippen LogP contribution < -0.4 is 5.32 Å². The van der Waals surface area contributed by atoms with Crippen LogP contribution in [0.25, 0.3) is 0 Å². The van der Waals surface area contributed by atoms with Gasteiger partial charge in [-0.25, -0.2) is 4.79 Å². The van der Waals surface area contributed by atoms with Crippen molar-refractivity contribution in [2.45, 2.75) is 24.3 Å². The van der Waals surface area contributed by atoms with Gasteiger partial charge in [-0.1, -0.05) is 54.6 Å². The number of carbonyl (C=O) groups is 1. The maximum atomic E-state index is 12.6. The van der Waals surface area contributed by atoms with Crippen molar-refractivity contribution in [2.75, 3.05) is 38.5 Å². The van der Waals surface area contributed by atoms with E-state index >= 15 is 0 Å². The van der Waals surface area contributed by atoms with Crippen molar-refractivity contribution in [2.24, 2.45) is 0 Å². The predicted molar refractivity (Wildman–Crippen MR) is 118 cm³/mol. The number of urea groups is 1. The van der Waals surface area contributed by atoms with Crippen LogP contribution in [0.15, 0.2) is 54.6 Å². The molecular formula is C23H29N3O2S. The van der Waals surface area contributed by atoms with Crippen LogP contribution in [-0.2, 0) is 13.0 Å². The summed E-state index contributed by atoms with van der Waals surface area (Å²) in [5, 5.41) is 13.7. The lowest BCUT2D eigenvalue weighted by Gasteiger charge is -2.33. The van der Waals surface area contributed by atoms with Gasteiger partial charge in [0, 0.05) is 50.3 Å². The summed E-state index contributed by atoms with van der Waals surface area (Å²) in [6.45, 7) is 4.14. The fourth-order valence-electron chi connectivity index (χ4n) is 4.09. The summed E-state index contributed by atoms with van der Waals surface area (Å²) in [6, 6.07) is 18.8. The molecule has 0 radical (unpaired) electrons. The maximum Gasteiger partial charge on any atom is 0.317 e. The normalized spacial score (nSPS) is 20.7. The maximum absolute atomic E-state index is 12.6. The topological polar surface area (TPSA) is 55.8 Å². The van der Waals surface area contributed by atoms with Crippen molar-refractivity contribution in [3.63, 3.8) is 0 Å². The van der Waals surface area contributed by atoms with Crippen molar-refractivity contribution in [3.05, 3.63) is 71.3 Å². The third-order valence-electron chi connectivity index (χ3n) is 5.69. The summed E-state index contributed by atoms with van der Waals surface area (Å²) in [5.41, 5.74) is 4.01. The Balaban J connectivity index is 1.23. The second-order valence-corrected chi connectivity index (χ2v) is 9.12. The van der Waals surface area contributed by atoms with E-state index in [2.05, 4.69) is 46.6 Å². The lowest BCUT2D eigenvalue weighted by molar-refractivity contribution is 0.103. The van der Waals surface area contributed by atoms with Gasteiger partial charge in [0.2, 0.25) is 0 Å². The molecule has 2 N–H and O–H groups in total. The first-order valence-electron chi connectivity index (χ1n) is 10.4. The van der Waals surface area contributed by atoms with Crippen molar-refractivity contribution >= 4 is 17.8 Å². The van der Waals surface area contributed by atoms with E-state index < -0.39 is 6.10 Å². The zero-order chi connectivity index (χ0) is 20.1. The summed E-state index contributed by atoms with van der Waals surface area (Å²) in [7, 11) is 0. The average Bonchev–Trinajstić information content (AvgIpc) is 2.78. The third-order valence-corrected chi connectivity index (χ3v) is 6.93. The lowest BCUT2D eigenvalue weighted by atomic mass is 10.00. The smallest absolute Gasteiger partial charge is 0.317 e. The van der Waals surface area contributed by atoms with E-state index in [0.717, 1.165) is 31.8 Å². The summed E-state index contributed by atoms with van der Waals surface area (Å²) >= 11 is 1.90. The Morgan fingerprint density at radius 2 is 1.86 bits per heavy atom. The standard InChI is InChI=1S/C23H29N3O2S/c27-21(16-25-11-10-18-6-4-5-9-20(18)15-25)14-24-23(28)26-12-13-29-22(17-26)19-7-2-1-3-8-19/h1-9,21-22,27H,10-17H2,(H,24,28)/t21?,22-/m1/s1. The third kappa shape index (κ3) is 5.32. The zero-order valence-corrected chi connectivity index (χ0v) is 17.5. The molecule has 0 saturated carbocycles. The molecule has 0 aromatic heterocycles. The summed E-state index contributed by atoms with van der Waals surface area (Å²) in [6.07, 6.45) is 0.454. The van der Waals surface area contributed by atoms with Crippen LogP contribution in [0.3, 0.4) is 0 Å². The Kier molecular flexibility index (Phi) is 6.74. The first kappa shape index (κ1) is 20.3. The van der Waals surface area contributed by atoms with Gasteiger partial charge in [-0.3, -0.25) is 4.90 Å². The Morgan fingerprint density at radius 3 is 2.69 bits per heavy atom. The number of fused-ring (bicyclic) bond motifs is 1. The number of nitrogens with zero attached hydrogens (tertiary/aromatic N) is 2. The SMILES string of the molecule is O=C(NCC(O)CN1CCc2ccccc2C1)N1CCS[C@@H](c2ccccc2)C1. The van der Waals surface area contributed by atoms with Gasteiger partial charge < -0.3 is 15.3 Å². The van der Waals surface area contributed by atoms with Gasteiger partial charge in [-0.05, 0) is 23.1 Å². The molecule has 2 aliphatic heterocycles. The molecule has 29 heavy (non-hydrogen) atoms. The number of hydrogen-bond donors (Lipinski definition) is 2. The van der Waals surface area contributed by atoms with E-state index in [1.165, 1.54) is 16.7 Å². The first-order chi connectivity index (χ1) is 14.2. The van der Waals surface area contributed by atoms with Crippen LogP contribution in [-0.4, -0.2) is 65.5 Å². The molecule has 2 aromatic carbocycles. The van der Waals surface area contributed by atoms with Crippen LogP contribution in [0.4, 0.5) is 4.79 Å². The Hall–Kier alpha value is -2.02. The van der Waals surface area contributed by atoms with Gasteiger partial charge in [-0.15, -0.1) is 0 Å². The minimum absolute atomic E-state index is 0.0747. The molecule has 6 heteroatoms. The molecule has 2 atom stereocenters. The van der Waals surface area contributed by atoms with Gasteiger partial charge in [0.15, 0.2) is 0 Å². The van der Waals surface area contributed by atoms with E-state index in [9.17, 15) is 9.90 Å². The molecule has 2 aliphatic rings. The molecule has 0 spiro atoms. The monoisotopic (exact) mass is 411 g/mol.